The van der Waals surface area contributed by atoms with Crippen molar-refractivity contribution in [1.82, 2.24) is 0 Å². The topological polar surface area (TPSA) is 64.3 Å². The average molecular weight is 285 g/mol. The van der Waals surface area contributed by atoms with Gasteiger partial charge in [0.05, 0.1) is 23.7 Å². The van der Waals surface area contributed by atoms with E-state index in [1.54, 1.807) is 18.2 Å². The van der Waals surface area contributed by atoms with E-state index in [9.17, 15) is 4.79 Å². The number of carbonyl (C=O) groups excluding carboxylic acids is 1. The molecule has 0 radical (unpaired) electrons. The Balaban J connectivity index is 2.23. The molecule has 0 aliphatic carbocycles. The zero-order chi connectivity index (χ0) is 14.1. The van der Waals surface area contributed by atoms with Crippen molar-refractivity contribution in [2.45, 2.75) is 32.6 Å². The molecule has 0 aromatic heterocycles. The fourth-order valence-electron chi connectivity index (χ4n) is 1.57. The number of amides is 1. The SMILES string of the molecule is CCCCCOCCC(=O)Nc1ccc(N)cc1Cl. The molecule has 0 heterocycles. The monoisotopic (exact) mass is 284 g/mol. The summed E-state index contributed by atoms with van der Waals surface area (Å²) in [7, 11) is 0. The number of hydrogen-bond acceptors (Lipinski definition) is 3. The second-order valence-corrected chi connectivity index (χ2v) is 4.76. The van der Waals surface area contributed by atoms with Crippen LogP contribution in [0.4, 0.5) is 11.4 Å². The summed E-state index contributed by atoms with van der Waals surface area (Å²) in [5, 5.41) is 3.17. The lowest BCUT2D eigenvalue weighted by molar-refractivity contribution is -0.117. The highest BCUT2D eigenvalue weighted by molar-refractivity contribution is 6.34. The van der Waals surface area contributed by atoms with Crippen LogP contribution in [0.2, 0.25) is 5.02 Å². The van der Waals surface area contributed by atoms with Crippen LogP contribution in [0.5, 0.6) is 0 Å². The summed E-state index contributed by atoms with van der Waals surface area (Å²) >= 11 is 5.97. The lowest BCUT2D eigenvalue weighted by Crippen LogP contribution is -2.14. The number of carbonyl (C=O) groups is 1. The summed E-state index contributed by atoms with van der Waals surface area (Å²) in [6, 6.07) is 5.00. The fourth-order valence-corrected chi connectivity index (χ4v) is 1.80. The van der Waals surface area contributed by atoms with Crippen molar-refractivity contribution < 1.29 is 9.53 Å². The number of benzene rings is 1. The Morgan fingerprint density at radius 2 is 2.16 bits per heavy atom. The molecular weight excluding hydrogens is 264 g/mol. The van der Waals surface area contributed by atoms with Crippen LogP contribution in [-0.4, -0.2) is 19.1 Å². The Hall–Kier alpha value is -1.26. The van der Waals surface area contributed by atoms with Crippen molar-refractivity contribution in [3.63, 3.8) is 0 Å². The standard InChI is InChI=1S/C14H21ClN2O2/c1-2-3-4-8-19-9-7-14(18)17-13-6-5-11(16)10-12(13)15/h5-6,10H,2-4,7-9,16H2,1H3,(H,17,18). The number of hydrogen-bond donors (Lipinski definition) is 2. The maximum atomic E-state index is 11.7. The largest absolute Gasteiger partial charge is 0.399 e. The maximum absolute atomic E-state index is 11.7. The van der Waals surface area contributed by atoms with Crippen molar-refractivity contribution in [3.05, 3.63) is 23.2 Å². The van der Waals surface area contributed by atoms with E-state index in [2.05, 4.69) is 12.2 Å². The first kappa shape index (κ1) is 15.8. The first-order valence-corrected chi connectivity index (χ1v) is 6.94. The number of anilines is 2. The van der Waals surface area contributed by atoms with Gasteiger partial charge in [0.25, 0.3) is 0 Å². The minimum Gasteiger partial charge on any atom is -0.399 e. The molecule has 1 aromatic rings. The number of nitrogens with two attached hydrogens (primary N) is 1. The van der Waals surface area contributed by atoms with E-state index in [0.717, 1.165) is 12.8 Å². The van der Waals surface area contributed by atoms with Crippen LogP contribution in [0.1, 0.15) is 32.6 Å². The Bertz CT molecular complexity index is 410. The Labute approximate surface area is 119 Å². The summed E-state index contributed by atoms with van der Waals surface area (Å²) in [4.78, 5) is 11.7. The van der Waals surface area contributed by atoms with Gasteiger partial charge in [-0.05, 0) is 24.6 Å². The molecule has 1 amide bonds. The summed E-state index contributed by atoms with van der Waals surface area (Å²) in [6.07, 6.45) is 3.70. The molecule has 0 fully saturated rings. The number of unbranched alkanes of at least 4 members (excludes halogenated alkanes) is 2. The smallest absolute Gasteiger partial charge is 0.226 e. The van der Waals surface area contributed by atoms with Crippen molar-refractivity contribution in [3.8, 4) is 0 Å². The van der Waals surface area contributed by atoms with Crippen LogP contribution >= 0.6 is 11.6 Å². The lowest BCUT2D eigenvalue weighted by atomic mass is 10.2. The third-order valence-corrected chi connectivity index (χ3v) is 2.95. The number of ether oxygens (including phenoxy) is 1. The normalized spacial score (nSPS) is 10.4. The van der Waals surface area contributed by atoms with Gasteiger partial charge in [0.1, 0.15) is 0 Å². The second-order valence-electron chi connectivity index (χ2n) is 4.36. The molecule has 0 unspecified atom stereocenters. The molecule has 0 bridgehead atoms. The van der Waals surface area contributed by atoms with Crippen LogP contribution in [0, 0.1) is 0 Å². The predicted octanol–water partition coefficient (Wildman–Crippen LogP) is 3.46. The predicted molar refractivity (Wildman–Crippen MR) is 79.5 cm³/mol. The highest BCUT2D eigenvalue weighted by Crippen LogP contribution is 2.23. The van der Waals surface area contributed by atoms with Gasteiger partial charge in [0.15, 0.2) is 0 Å². The van der Waals surface area contributed by atoms with Gasteiger partial charge in [0, 0.05) is 12.3 Å². The quantitative estimate of drug-likeness (QED) is 0.567. The van der Waals surface area contributed by atoms with Crippen molar-refractivity contribution >= 4 is 28.9 Å². The highest BCUT2D eigenvalue weighted by atomic mass is 35.5. The second kappa shape index (κ2) is 8.77. The molecule has 0 saturated heterocycles. The molecular formula is C14H21ClN2O2. The minimum atomic E-state index is -0.109. The molecule has 0 atom stereocenters. The van der Waals surface area contributed by atoms with Gasteiger partial charge >= 0.3 is 0 Å². The summed E-state index contributed by atoms with van der Waals surface area (Å²) in [6.45, 7) is 3.29. The molecule has 4 nitrogen and oxygen atoms in total. The number of halogens is 1. The van der Waals surface area contributed by atoms with Gasteiger partial charge in [-0.3, -0.25) is 4.79 Å². The molecule has 0 saturated carbocycles. The van der Waals surface area contributed by atoms with E-state index in [0.29, 0.717) is 36.0 Å². The highest BCUT2D eigenvalue weighted by Gasteiger charge is 2.06. The molecule has 19 heavy (non-hydrogen) atoms. The van der Waals surface area contributed by atoms with Gasteiger partial charge in [-0.15, -0.1) is 0 Å². The van der Waals surface area contributed by atoms with E-state index < -0.39 is 0 Å². The summed E-state index contributed by atoms with van der Waals surface area (Å²) < 4.78 is 5.38. The maximum Gasteiger partial charge on any atom is 0.226 e. The van der Waals surface area contributed by atoms with Gasteiger partial charge in [-0.1, -0.05) is 31.4 Å². The van der Waals surface area contributed by atoms with Crippen molar-refractivity contribution in [2.75, 3.05) is 24.3 Å². The number of nitrogens with one attached hydrogen (secondary N) is 1. The molecule has 1 rings (SSSR count). The number of nitrogen functional groups attached to an aromatic ring is 1. The van der Waals surface area contributed by atoms with E-state index >= 15 is 0 Å². The zero-order valence-corrected chi connectivity index (χ0v) is 12.0. The Kier molecular flexibility index (Phi) is 7.30. The number of rotatable bonds is 8. The molecule has 3 N–H and O–H groups in total. The van der Waals surface area contributed by atoms with E-state index in [-0.39, 0.29) is 5.91 Å². The van der Waals surface area contributed by atoms with Crippen molar-refractivity contribution in [2.24, 2.45) is 0 Å². The lowest BCUT2D eigenvalue weighted by Gasteiger charge is -2.08. The van der Waals surface area contributed by atoms with Gasteiger partial charge in [-0.25, -0.2) is 0 Å². The Morgan fingerprint density at radius 3 is 2.84 bits per heavy atom. The van der Waals surface area contributed by atoms with Gasteiger partial charge in [-0.2, -0.15) is 0 Å². The molecule has 106 valence electrons. The van der Waals surface area contributed by atoms with Crippen LogP contribution in [0.25, 0.3) is 0 Å². The summed E-state index contributed by atoms with van der Waals surface area (Å²) in [5.74, 6) is -0.109. The first-order valence-electron chi connectivity index (χ1n) is 6.56. The molecule has 1 aromatic carbocycles. The minimum absolute atomic E-state index is 0.109. The third-order valence-electron chi connectivity index (χ3n) is 2.63. The molecule has 0 aliphatic rings. The average Bonchev–Trinajstić information content (AvgIpc) is 2.37. The molecule has 0 aliphatic heterocycles. The third kappa shape index (κ3) is 6.45. The Morgan fingerprint density at radius 1 is 1.37 bits per heavy atom. The van der Waals surface area contributed by atoms with Gasteiger partial charge in [0.2, 0.25) is 5.91 Å². The van der Waals surface area contributed by atoms with Crippen LogP contribution < -0.4 is 11.1 Å². The van der Waals surface area contributed by atoms with E-state index in [1.807, 2.05) is 0 Å². The van der Waals surface area contributed by atoms with Crippen LogP contribution in [0.15, 0.2) is 18.2 Å². The molecule has 5 heteroatoms. The van der Waals surface area contributed by atoms with Gasteiger partial charge < -0.3 is 15.8 Å². The zero-order valence-electron chi connectivity index (χ0n) is 11.2. The first-order chi connectivity index (χ1) is 9.13. The van der Waals surface area contributed by atoms with E-state index in [4.69, 9.17) is 22.1 Å². The van der Waals surface area contributed by atoms with Crippen LogP contribution in [-0.2, 0) is 9.53 Å². The van der Waals surface area contributed by atoms with Crippen LogP contribution in [0.3, 0.4) is 0 Å². The molecule has 0 spiro atoms. The fraction of sp³-hybridized carbons (Fsp3) is 0.500. The summed E-state index contributed by atoms with van der Waals surface area (Å²) in [5.41, 5.74) is 6.73. The van der Waals surface area contributed by atoms with Crippen molar-refractivity contribution in [1.29, 1.82) is 0 Å². The van der Waals surface area contributed by atoms with E-state index in [1.165, 1.54) is 6.42 Å².